The minimum Gasteiger partial charge on any atom is -0.450 e. The molecule has 0 saturated heterocycles. The molecule has 0 aliphatic heterocycles. The fourth-order valence-electron chi connectivity index (χ4n) is 1.22. The van der Waals surface area contributed by atoms with Crippen molar-refractivity contribution in [3.8, 4) is 0 Å². The number of benzene rings is 1. The number of halogens is 4. The lowest BCUT2D eigenvalue weighted by Crippen LogP contribution is -2.47. The zero-order valence-corrected chi connectivity index (χ0v) is 13.8. The molecule has 1 amide bonds. The normalized spacial score (nSPS) is 12.4. The van der Waals surface area contributed by atoms with Crippen LogP contribution in [0.1, 0.15) is 17.3 Å². The van der Waals surface area contributed by atoms with E-state index in [1.54, 1.807) is 6.92 Å². The first-order chi connectivity index (χ1) is 9.74. The first-order valence-corrected chi connectivity index (χ1v) is 7.21. The molecule has 1 aromatic rings. The first-order valence-electron chi connectivity index (χ1n) is 5.70. The summed E-state index contributed by atoms with van der Waals surface area (Å²) in [5.41, 5.74) is 0.185. The van der Waals surface area contributed by atoms with Crippen molar-refractivity contribution in [2.24, 2.45) is 0 Å². The first kappa shape index (κ1) is 18.2. The summed E-state index contributed by atoms with van der Waals surface area (Å²) in [5, 5.41) is 2.60. The van der Waals surface area contributed by atoms with Gasteiger partial charge < -0.3 is 9.47 Å². The standard InChI is InChI=1S/C12H11Cl4NO4/c1-2-20-11(19)17-10(12(14,15)16)21-9(18)7-3-5-8(13)6-4-7/h3-6,10H,2H2,1H3,(H,17,19). The molecule has 5 nitrogen and oxygen atoms in total. The van der Waals surface area contributed by atoms with Crippen molar-refractivity contribution in [1.29, 1.82) is 0 Å². The Bertz CT molecular complexity index is 501. The maximum atomic E-state index is 11.9. The number of alkyl halides is 3. The summed E-state index contributed by atoms with van der Waals surface area (Å²) in [6.07, 6.45) is -2.39. The van der Waals surface area contributed by atoms with E-state index < -0.39 is 22.1 Å². The topological polar surface area (TPSA) is 64.6 Å². The van der Waals surface area contributed by atoms with Crippen LogP contribution < -0.4 is 5.32 Å². The molecular weight excluding hydrogens is 364 g/mol. The van der Waals surface area contributed by atoms with E-state index in [-0.39, 0.29) is 12.2 Å². The third-order valence-electron chi connectivity index (χ3n) is 2.13. The Balaban J connectivity index is 2.79. The molecule has 116 valence electrons. The smallest absolute Gasteiger partial charge is 0.410 e. The molecule has 0 aromatic heterocycles. The van der Waals surface area contributed by atoms with E-state index in [1.807, 2.05) is 0 Å². The van der Waals surface area contributed by atoms with Crippen LogP contribution in [0.5, 0.6) is 0 Å². The number of carbonyl (C=O) groups excluding carboxylic acids is 2. The van der Waals surface area contributed by atoms with Gasteiger partial charge in [0.05, 0.1) is 12.2 Å². The number of rotatable bonds is 4. The third kappa shape index (κ3) is 6.18. The summed E-state index contributed by atoms with van der Waals surface area (Å²) in [6, 6.07) is 5.87. The Morgan fingerprint density at radius 2 is 1.81 bits per heavy atom. The molecule has 1 rings (SSSR count). The van der Waals surface area contributed by atoms with Crippen LogP contribution in [0, 0.1) is 0 Å². The highest BCUT2D eigenvalue weighted by Gasteiger charge is 2.38. The van der Waals surface area contributed by atoms with Gasteiger partial charge in [-0.05, 0) is 31.2 Å². The van der Waals surface area contributed by atoms with Gasteiger partial charge in [0, 0.05) is 5.02 Å². The second-order valence-corrected chi connectivity index (χ2v) is 6.50. The van der Waals surface area contributed by atoms with Crippen LogP contribution in [0.2, 0.25) is 5.02 Å². The van der Waals surface area contributed by atoms with Gasteiger partial charge in [-0.15, -0.1) is 0 Å². The van der Waals surface area contributed by atoms with Crippen LogP contribution in [0.3, 0.4) is 0 Å². The van der Waals surface area contributed by atoms with Crippen molar-refractivity contribution in [3.63, 3.8) is 0 Å². The van der Waals surface area contributed by atoms with Crippen molar-refractivity contribution in [2.75, 3.05) is 6.61 Å². The van der Waals surface area contributed by atoms with E-state index in [4.69, 9.17) is 51.1 Å². The van der Waals surface area contributed by atoms with Crippen molar-refractivity contribution < 1.29 is 19.1 Å². The number of amides is 1. The van der Waals surface area contributed by atoms with Gasteiger partial charge in [0.1, 0.15) is 0 Å². The molecule has 0 heterocycles. The Morgan fingerprint density at radius 3 is 2.29 bits per heavy atom. The van der Waals surface area contributed by atoms with Crippen LogP contribution in [0.4, 0.5) is 4.79 Å². The van der Waals surface area contributed by atoms with Crippen LogP contribution in [0.15, 0.2) is 24.3 Å². The van der Waals surface area contributed by atoms with Crippen LogP contribution in [0.25, 0.3) is 0 Å². The van der Waals surface area contributed by atoms with Gasteiger partial charge in [-0.3, -0.25) is 5.32 Å². The van der Waals surface area contributed by atoms with E-state index in [1.165, 1.54) is 24.3 Å². The number of esters is 1. The lowest BCUT2D eigenvalue weighted by molar-refractivity contribution is 0.0219. The van der Waals surface area contributed by atoms with Gasteiger partial charge in [0.15, 0.2) is 0 Å². The summed E-state index contributed by atoms with van der Waals surface area (Å²) in [6.45, 7) is 1.72. The maximum Gasteiger partial charge on any atom is 0.410 e. The van der Waals surface area contributed by atoms with Crippen molar-refractivity contribution >= 4 is 58.5 Å². The summed E-state index contributed by atoms with van der Waals surface area (Å²) >= 11 is 22.7. The van der Waals surface area contributed by atoms with Gasteiger partial charge in [-0.25, -0.2) is 9.59 Å². The zero-order chi connectivity index (χ0) is 16.0. The summed E-state index contributed by atoms with van der Waals surface area (Å²) < 4.78 is 7.54. The minimum atomic E-state index is -2.06. The lowest BCUT2D eigenvalue weighted by Gasteiger charge is -2.24. The molecule has 0 saturated carbocycles. The molecule has 0 radical (unpaired) electrons. The average molecular weight is 375 g/mol. The molecule has 0 aliphatic rings. The minimum absolute atomic E-state index is 0.115. The van der Waals surface area contributed by atoms with Gasteiger partial charge in [0.25, 0.3) is 0 Å². The highest BCUT2D eigenvalue weighted by molar-refractivity contribution is 6.68. The molecule has 0 aliphatic carbocycles. The van der Waals surface area contributed by atoms with Crippen molar-refractivity contribution in [1.82, 2.24) is 5.32 Å². The van der Waals surface area contributed by atoms with Crippen LogP contribution in [-0.2, 0) is 9.47 Å². The number of carbonyl (C=O) groups is 2. The fourth-order valence-corrected chi connectivity index (χ4v) is 1.64. The molecule has 1 aromatic carbocycles. The molecule has 9 heteroatoms. The predicted octanol–water partition coefficient (Wildman–Crippen LogP) is 3.94. The highest BCUT2D eigenvalue weighted by atomic mass is 35.6. The second-order valence-electron chi connectivity index (χ2n) is 3.70. The Hall–Kier alpha value is -0.880. The van der Waals surface area contributed by atoms with E-state index in [0.717, 1.165) is 0 Å². The Morgan fingerprint density at radius 1 is 1.24 bits per heavy atom. The second kappa shape index (κ2) is 7.94. The van der Waals surface area contributed by atoms with Gasteiger partial charge in [0.2, 0.25) is 10.0 Å². The molecule has 0 fully saturated rings. The highest BCUT2D eigenvalue weighted by Crippen LogP contribution is 2.31. The third-order valence-corrected chi connectivity index (χ3v) is 2.97. The largest absolute Gasteiger partial charge is 0.450 e. The van der Waals surface area contributed by atoms with Crippen molar-refractivity contribution in [2.45, 2.75) is 16.9 Å². The van der Waals surface area contributed by atoms with E-state index in [2.05, 4.69) is 10.1 Å². The van der Waals surface area contributed by atoms with Crippen LogP contribution >= 0.6 is 46.4 Å². The molecule has 0 spiro atoms. The number of hydrogen-bond acceptors (Lipinski definition) is 4. The Labute approximate surface area is 141 Å². The molecular formula is C12H11Cl4NO4. The molecule has 21 heavy (non-hydrogen) atoms. The molecule has 1 N–H and O–H groups in total. The number of nitrogens with one attached hydrogen (secondary N) is 1. The Kier molecular flexibility index (Phi) is 6.87. The number of hydrogen-bond donors (Lipinski definition) is 1. The molecule has 0 bridgehead atoms. The van der Waals surface area contributed by atoms with Gasteiger partial charge >= 0.3 is 12.1 Å². The SMILES string of the molecule is CCOC(=O)NC(OC(=O)c1ccc(Cl)cc1)C(Cl)(Cl)Cl. The zero-order valence-electron chi connectivity index (χ0n) is 10.7. The predicted molar refractivity (Wildman–Crippen MR) is 81.1 cm³/mol. The molecule has 1 unspecified atom stereocenters. The fraction of sp³-hybridized carbons (Fsp3) is 0.333. The van der Waals surface area contributed by atoms with E-state index >= 15 is 0 Å². The summed E-state index contributed by atoms with van der Waals surface area (Å²) in [7, 11) is 0. The van der Waals surface area contributed by atoms with Gasteiger partial charge in [-0.1, -0.05) is 46.4 Å². The summed E-state index contributed by atoms with van der Waals surface area (Å²) in [4.78, 5) is 23.3. The lowest BCUT2D eigenvalue weighted by atomic mass is 10.2. The maximum absolute atomic E-state index is 11.9. The van der Waals surface area contributed by atoms with Crippen molar-refractivity contribution in [3.05, 3.63) is 34.9 Å². The van der Waals surface area contributed by atoms with Crippen LogP contribution in [-0.4, -0.2) is 28.7 Å². The monoisotopic (exact) mass is 373 g/mol. The summed E-state index contributed by atoms with van der Waals surface area (Å²) in [5.74, 6) is -0.792. The van der Waals surface area contributed by atoms with E-state index in [9.17, 15) is 9.59 Å². The van der Waals surface area contributed by atoms with Gasteiger partial charge in [-0.2, -0.15) is 0 Å². The quantitative estimate of drug-likeness (QED) is 0.492. The molecule has 1 atom stereocenters. The van der Waals surface area contributed by atoms with E-state index in [0.29, 0.717) is 5.02 Å². The number of ether oxygens (including phenoxy) is 2. The average Bonchev–Trinajstić information content (AvgIpc) is 2.37. The number of alkyl carbamates (subject to hydrolysis) is 1.